The molecule has 2 nitrogen and oxygen atoms in total. The first-order valence-corrected chi connectivity index (χ1v) is 7.30. The molecule has 2 rings (SSSR count). The summed E-state index contributed by atoms with van der Waals surface area (Å²) in [5.74, 6) is 0.328. The highest BCUT2D eigenvalue weighted by Crippen LogP contribution is 2.32. The second-order valence-corrected chi connectivity index (χ2v) is 6.36. The number of rotatable bonds is 3. The van der Waals surface area contributed by atoms with Crippen LogP contribution >= 0.6 is 0 Å². The molecule has 0 fully saturated rings. The van der Waals surface area contributed by atoms with Crippen LogP contribution in [0.4, 0.5) is 0 Å². The van der Waals surface area contributed by atoms with Crippen molar-refractivity contribution in [3.8, 4) is 5.75 Å². The van der Waals surface area contributed by atoms with E-state index in [2.05, 4.69) is 44.8 Å². The van der Waals surface area contributed by atoms with Crippen molar-refractivity contribution in [1.29, 1.82) is 0 Å². The van der Waals surface area contributed by atoms with Crippen molar-refractivity contribution in [1.82, 2.24) is 0 Å². The summed E-state index contributed by atoms with van der Waals surface area (Å²) >= 11 is 0. The zero-order valence-corrected chi connectivity index (χ0v) is 13.2. The van der Waals surface area contributed by atoms with Crippen LogP contribution in [0.15, 0.2) is 53.5 Å². The van der Waals surface area contributed by atoms with Gasteiger partial charge >= 0.3 is 0 Å². The molecular formula is C19H23NO. The van der Waals surface area contributed by atoms with E-state index >= 15 is 0 Å². The standard InChI is InChI=1S/C19H23NO/c1-14(15-9-6-5-7-10-15)20-13-16-11-8-12-17(18(16)21)19(2,3)4/h5-14,21H,1-4H3/t14-/m0/s1. The molecule has 0 spiro atoms. The summed E-state index contributed by atoms with van der Waals surface area (Å²) in [7, 11) is 0. The molecule has 0 aliphatic heterocycles. The van der Waals surface area contributed by atoms with E-state index in [4.69, 9.17) is 0 Å². The van der Waals surface area contributed by atoms with Crippen molar-refractivity contribution in [3.63, 3.8) is 0 Å². The lowest BCUT2D eigenvalue weighted by molar-refractivity contribution is 0.446. The first kappa shape index (κ1) is 15.3. The summed E-state index contributed by atoms with van der Waals surface area (Å²) in [6.45, 7) is 8.33. The average Bonchev–Trinajstić information content (AvgIpc) is 2.45. The number of benzene rings is 2. The lowest BCUT2D eigenvalue weighted by atomic mass is 9.85. The Morgan fingerprint density at radius 3 is 2.29 bits per heavy atom. The third kappa shape index (κ3) is 3.72. The number of aliphatic imine (C=N–C) groups is 1. The van der Waals surface area contributed by atoms with Crippen molar-refractivity contribution in [3.05, 3.63) is 65.2 Å². The van der Waals surface area contributed by atoms with Crippen LogP contribution < -0.4 is 0 Å². The topological polar surface area (TPSA) is 32.6 Å². The van der Waals surface area contributed by atoms with Crippen LogP contribution in [0, 0.1) is 0 Å². The Bertz CT molecular complexity index is 624. The van der Waals surface area contributed by atoms with Gasteiger partial charge in [-0.25, -0.2) is 0 Å². The van der Waals surface area contributed by atoms with Gasteiger partial charge in [0.25, 0.3) is 0 Å². The molecular weight excluding hydrogens is 258 g/mol. The van der Waals surface area contributed by atoms with Crippen molar-refractivity contribution >= 4 is 6.21 Å². The normalized spacial score (nSPS) is 13.5. The SMILES string of the molecule is C[C@H](N=Cc1cccc(C(C)(C)C)c1O)c1ccccc1. The maximum absolute atomic E-state index is 10.4. The minimum Gasteiger partial charge on any atom is -0.507 e. The van der Waals surface area contributed by atoms with Crippen LogP contribution in [0.25, 0.3) is 0 Å². The number of hydrogen-bond acceptors (Lipinski definition) is 2. The maximum atomic E-state index is 10.4. The van der Waals surface area contributed by atoms with Gasteiger partial charge in [0.15, 0.2) is 0 Å². The molecule has 0 aliphatic carbocycles. The number of aromatic hydroxyl groups is 1. The van der Waals surface area contributed by atoms with Gasteiger partial charge in [-0.15, -0.1) is 0 Å². The molecule has 0 aliphatic rings. The van der Waals surface area contributed by atoms with Crippen molar-refractivity contribution in [2.75, 3.05) is 0 Å². The summed E-state index contributed by atoms with van der Waals surface area (Å²) in [6, 6.07) is 16.1. The molecule has 2 aromatic rings. The van der Waals surface area contributed by atoms with Gasteiger partial charge in [0, 0.05) is 11.8 Å². The van der Waals surface area contributed by atoms with Crippen LogP contribution in [0.5, 0.6) is 5.75 Å². The molecule has 110 valence electrons. The molecule has 2 heteroatoms. The minimum atomic E-state index is -0.0843. The van der Waals surface area contributed by atoms with E-state index in [0.717, 1.165) is 11.1 Å². The molecule has 0 saturated heterocycles. The van der Waals surface area contributed by atoms with E-state index in [-0.39, 0.29) is 11.5 Å². The van der Waals surface area contributed by atoms with Gasteiger partial charge in [-0.2, -0.15) is 0 Å². The number of nitrogens with zero attached hydrogens (tertiary/aromatic N) is 1. The summed E-state index contributed by atoms with van der Waals surface area (Å²) in [5.41, 5.74) is 2.79. The van der Waals surface area contributed by atoms with Gasteiger partial charge in [-0.05, 0) is 29.5 Å². The van der Waals surface area contributed by atoms with E-state index in [1.807, 2.05) is 36.4 Å². The molecule has 0 bridgehead atoms. The van der Waals surface area contributed by atoms with E-state index in [1.165, 1.54) is 5.56 Å². The van der Waals surface area contributed by atoms with E-state index in [9.17, 15) is 5.11 Å². The zero-order valence-electron chi connectivity index (χ0n) is 13.2. The number of phenols is 1. The summed E-state index contributed by atoms with van der Waals surface area (Å²) in [6.07, 6.45) is 1.77. The Kier molecular flexibility index (Phi) is 4.46. The first-order valence-electron chi connectivity index (χ1n) is 7.30. The molecule has 1 N–H and O–H groups in total. The van der Waals surface area contributed by atoms with Crippen molar-refractivity contribution in [2.45, 2.75) is 39.2 Å². The van der Waals surface area contributed by atoms with E-state index in [1.54, 1.807) is 6.21 Å². The smallest absolute Gasteiger partial charge is 0.128 e. The van der Waals surface area contributed by atoms with Crippen LogP contribution in [-0.4, -0.2) is 11.3 Å². The average molecular weight is 281 g/mol. The minimum absolute atomic E-state index is 0.0730. The fraction of sp³-hybridized carbons (Fsp3) is 0.316. The molecule has 0 unspecified atom stereocenters. The largest absolute Gasteiger partial charge is 0.507 e. The van der Waals surface area contributed by atoms with Gasteiger partial charge in [-0.1, -0.05) is 63.2 Å². The number of para-hydroxylation sites is 1. The van der Waals surface area contributed by atoms with Crippen LogP contribution in [0.2, 0.25) is 0 Å². The molecule has 0 radical (unpaired) electrons. The Labute approximate surface area is 127 Å². The highest BCUT2D eigenvalue weighted by Gasteiger charge is 2.19. The van der Waals surface area contributed by atoms with Crippen LogP contribution in [0.1, 0.15) is 50.4 Å². The lowest BCUT2D eigenvalue weighted by Gasteiger charge is -2.21. The maximum Gasteiger partial charge on any atom is 0.128 e. The van der Waals surface area contributed by atoms with Gasteiger partial charge in [-0.3, -0.25) is 4.99 Å². The Balaban J connectivity index is 2.26. The number of phenolic OH excluding ortho intramolecular Hbond substituents is 1. The van der Waals surface area contributed by atoms with Crippen molar-refractivity contribution < 1.29 is 5.11 Å². The summed E-state index contributed by atoms with van der Waals surface area (Å²) < 4.78 is 0. The van der Waals surface area contributed by atoms with Crippen LogP contribution in [-0.2, 0) is 5.41 Å². The number of hydrogen-bond donors (Lipinski definition) is 1. The van der Waals surface area contributed by atoms with Gasteiger partial charge in [0.05, 0.1) is 6.04 Å². The molecule has 0 amide bonds. The molecule has 1 atom stereocenters. The Morgan fingerprint density at radius 1 is 1.00 bits per heavy atom. The zero-order chi connectivity index (χ0) is 15.5. The molecule has 21 heavy (non-hydrogen) atoms. The second-order valence-electron chi connectivity index (χ2n) is 6.36. The molecule has 2 aromatic carbocycles. The highest BCUT2D eigenvalue weighted by atomic mass is 16.3. The Hall–Kier alpha value is -2.09. The monoisotopic (exact) mass is 281 g/mol. The third-order valence-corrected chi connectivity index (χ3v) is 3.59. The van der Waals surface area contributed by atoms with E-state index < -0.39 is 0 Å². The highest BCUT2D eigenvalue weighted by molar-refractivity contribution is 5.84. The predicted octanol–water partition coefficient (Wildman–Crippen LogP) is 4.87. The fourth-order valence-electron chi connectivity index (χ4n) is 2.28. The molecule has 0 saturated carbocycles. The van der Waals surface area contributed by atoms with Gasteiger partial charge in [0.2, 0.25) is 0 Å². The van der Waals surface area contributed by atoms with Gasteiger partial charge in [0.1, 0.15) is 5.75 Å². The van der Waals surface area contributed by atoms with Crippen molar-refractivity contribution in [2.24, 2.45) is 4.99 Å². The lowest BCUT2D eigenvalue weighted by Crippen LogP contribution is -2.11. The van der Waals surface area contributed by atoms with E-state index in [0.29, 0.717) is 5.75 Å². The first-order chi connectivity index (χ1) is 9.89. The molecule has 0 aromatic heterocycles. The third-order valence-electron chi connectivity index (χ3n) is 3.59. The summed E-state index contributed by atoms with van der Waals surface area (Å²) in [4.78, 5) is 4.56. The fourth-order valence-corrected chi connectivity index (χ4v) is 2.28. The van der Waals surface area contributed by atoms with Gasteiger partial charge < -0.3 is 5.11 Å². The predicted molar refractivity (Wildman–Crippen MR) is 89.3 cm³/mol. The van der Waals surface area contributed by atoms with Crippen LogP contribution in [0.3, 0.4) is 0 Å². The second kappa shape index (κ2) is 6.13. The molecule has 0 heterocycles. The quantitative estimate of drug-likeness (QED) is 0.800. The Morgan fingerprint density at radius 2 is 1.67 bits per heavy atom. The summed E-state index contributed by atoms with van der Waals surface area (Å²) in [5, 5.41) is 10.4.